The van der Waals surface area contributed by atoms with Crippen molar-refractivity contribution in [1.29, 1.82) is 0 Å². The molecule has 1 fully saturated rings. The largest absolute Gasteiger partial charge is 0.482 e. The Morgan fingerprint density at radius 2 is 2.03 bits per heavy atom. The van der Waals surface area contributed by atoms with Gasteiger partial charge >= 0.3 is 0 Å². The molecular formula is C29H32FN7O2. The number of halogens is 1. The van der Waals surface area contributed by atoms with E-state index < -0.39 is 6.10 Å². The van der Waals surface area contributed by atoms with Crippen molar-refractivity contribution in [3.8, 4) is 28.3 Å². The highest BCUT2D eigenvalue weighted by atomic mass is 19.1. The number of ether oxygens (including phenoxy) is 1. The van der Waals surface area contributed by atoms with Gasteiger partial charge in [-0.1, -0.05) is 6.42 Å². The van der Waals surface area contributed by atoms with Crippen LogP contribution in [0.1, 0.15) is 59.5 Å². The first-order chi connectivity index (χ1) is 18.7. The van der Waals surface area contributed by atoms with E-state index in [0.29, 0.717) is 41.6 Å². The number of nitrogens with two attached hydrogens (primary N) is 1. The minimum Gasteiger partial charge on any atom is -0.482 e. The molecule has 202 valence electrons. The fourth-order valence-electron chi connectivity index (χ4n) is 5.53. The van der Waals surface area contributed by atoms with Gasteiger partial charge in [-0.15, -0.1) is 0 Å². The van der Waals surface area contributed by atoms with Crippen molar-refractivity contribution < 1.29 is 13.9 Å². The molecule has 0 spiro atoms. The Kier molecular flexibility index (Phi) is 6.12. The summed E-state index contributed by atoms with van der Waals surface area (Å²) in [6.07, 6.45) is 7.01. The lowest BCUT2D eigenvalue weighted by Gasteiger charge is -2.26. The monoisotopic (exact) mass is 529 g/mol. The normalized spacial score (nSPS) is 16.6. The van der Waals surface area contributed by atoms with Gasteiger partial charge in [0.05, 0.1) is 11.4 Å². The highest BCUT2D eigenvalue weighted by Gasteiger charge is 2.31. The first-order valence-electron chi connectivity index (χ1n) is 13.3. The van der Waals surface area contributed by atoms with Crippen molar-refractivity contribution in [2.75, 3.05) is 19.8 Å². The van der Waals surface area contributed by atoms with Crippen LogP contribution in [-0.2, 0) is 20.0 Å². The molecular weight excluding hydrogens is 497 g/mol. The van der Waals surface area contributed by atoms with Crippen LogP contribution in [-0.4, -0.2) is 49.4 Å². The van der Waals surface area contributed by atoms with Crippen LogP contribution in [0.15, 0.2) is 36.7 Å². The average molecular weight is 530 g/mol. The molecule has 1 aliphatic carbocycles. The molecule has 4 aromatic rings. The van der Waals surface area contributed by atoms with Crippen molar-refractivity contribution in [3.63, 3.8) is 0 Å². The van der Waals surface area contributed by atoms with Gasteiger partial charge in [-0.3, -0.25) is 14.2 Å². The van der Waals surface area contributed by atoms with Gasteiger partial charge in [-0.2, -0.15) is 10.2 Å². The van der Waals surface area contributed by atoms with Crippen LogP contribution in [0.4, 0.5) is 10.2 Å². The molecule has 39 heavy (non-hydrogen) atoms. The summed E-state index contributed by atoms with van der Waals surface area (Å²) in [4.78, 5) is 19.5. The van der Waals surface area contributed by atoms with Crippen LogP contribution in [0, 0.1) is 11.7 Å². The summed E-state index contributed by atoms with van der Waals surface area (Å²) in [5.74, 6) is 0.584. The molecule has 1 atom stereocenters. The second kappa shape index (κ2) is 9.52. The summed E-state index contributed by atoms with van der Waals surface area (Å²) >= 11 is 0. The topological polar surface area (TPSA) is 104 Å². The van der Waals surface area contributed by atoms with Crippen molar-refractivity contribution >= 4 is 11.7 Å². The van der Waals surface area contributed by atoms with Gasteiger partial charge in [0.15, 0.2) is 17.3 Å². The van der Waals surface area contributed by atoms with Gasteiger partial charge in [0.25, 0.3) is 5.91 Å². The predicted molar refractivity (Wildman–Crippen MR) is 146 cm³/mol. The third-order valence-corrected chi connectivity index (χ3v) is 7.75. The molecule has 2 aliphatic rings. The number of hydrogen-bond acceptors (Lipinski definition) is 6. The van der Waals surface area contributed by atoms with Crippen LogP contribution in [0.25, 0.3) is 22.5 Å². The van der Waals surface area contributed by atoms with Crippen LogP contribution < -0.4 is 10.5 Å². The number of nitrogen functional groups attached to an aromatic ring is 1. The first kappa shape index (κ1) is 25.1. The Morgan fingerprint density at radius 1 is 1.23 bits per heavy atom. The Bertz CT molecular complexity index is 1580. The van der Waals surface area contributed by atoms with Gasteiger partial charge < -0.3 is 15.4 Å². The molecule has 0 saturated heterocycles. The van der Waals surface area contributed by atoms with Crippen molar-refractivity contribution in [2.45, 2.75) is 45.3 Å². The van der Waals surface area contributed by atoms with E-state index in [0.717, 1.165) is 40.8 Å². The molecule has 1 aliphatic heterocycles. The van der Waals surface area contributed by atoms with Crippen molar-refractivity contribution in [3.05, 3.63) is 64.9 Å². The summed E-state index contributed by atoms with van der Waals surface area (Å²) < 4.78 is 24.5. The first-order valence-corrected chi connectivity index (χ1v) is 13.3. The molecule has 2 bridgehead atoms. The molecule has 1 aromatic carbocycles. The number of rotatable bonds is 3. The summed E-state index contributed by atoms with van der Waals surface area (Å²) in [5, 5.41) is 9.67. The zero-order valence-electron chi connectivity index (χ0n) is 22.6. The van der Waals surface area contributed by atoms with Gasteiger partial charge in [0.2, 0.25) is 0 Å². The number of aryl methyl sites for hydroxylation is 1. The number of carbonyl (C=O) groups is 1. The van der Waals surface area contributed by atoms with Gasteiger partial charge in [-0.05, 0) is 49.9 Å². The molecule has 0 unspecified atom stereocenters. The Hall–Kier alpha value is -4.21. The van der Waals surface area contributed by atoms with E-state index in [4.69, 9.17) is 20.7 Å². The zero-order chi connectivity index (χ0) is 27.4. The van der Waals surface area contributed by atoms with Gasteiger partial charge in [0.1, 0.15) is 11.9 Å². The maximum absolute atomic E-state index is 14.5. The lowest BCUT2D eigenvalue weighted by molar-refractivity contribution is 0.0819. The quantitative estimate of drug-likeness (QED) is 0.416. The summed E-state index contributed by atoms with van der Waals surface area (Å²) in [7, 11) is 5.32. The minimum absolute atomic E-state index is 0.174. The van der Waals surface area contributed by atoms with E-state index in [2.05, 4.69) is 4.98 Å². The number of benzene rings is 1. The van der Waals surface area contributed by atoms with E-state index in [1.807, 2.05) is 30.9 Å². The highest BCUT2D eigenvalue weighted by Crippen LogP contribution is 2.40. The molecule has 0 radical (unpaired) electrons. The van der Waals surface area contributed by atoms with Crippen LogP contribution >= 0.6 is 0 Å². The molecule has 1 amide bonds. The molecule has 9 nitrogen and oxygen atoms in total. The number of nitrogens with zero attached hydrogens (tertiary/aromatic N) is 6. The fraction of sp³-hybridized carbons (Fsp3) is 0.379. The van der Waals surface area contributed by atoms with Crippen LogP contribution in [0.5, 0.6) is 5.75 Å². The van der Waals surface area contributed by atoms with Crippen LogP contribution in [0.3, 0.4) is 0 Å². The van der Waals surface area contributed by atoms with Gasteiger partial charge in [0, 0.05) is 74.3 Å². The number of amides is 1. The number of fused-ring (bicyclic) bond motifs is 7. The predicted octanol–water partition coefficient (Wildman–Crippen LogP) is 4.61. The Morgan fingerprint density at radius 3 is 2.74 bits per heavy atom. The second-order valence-electron chi connectivity index (χ2n) is 10.8. The van der Waals surface area contributed by atoms with E-state index in [1.165, 1.54) is 18.6 Å². The van der Waals surface area contributed by atoms with Crippen molar-refractivity contribution in [2.24, 2.45) is 13.0 Å². The van der Waals surface area contributed by atoms with Crippen LogP contribution in [0.2, 0.25) is 0 Å². The summed E-state index contributed by atoms with van der Waals surface area (Å²) in [5.41, 5.74) is 12.0. The number of carbonyl (C=O) groups excluding carboxylic acids is 1. The Labute approximate surface area is 226 Å². The second-order valence-corrected chi connectivity index (χ2v) is 10.8. The number of anilines is 1. The zero-order valence-corrected chi connectivity index (χ0v) is 22.6. The molecule has 4 heterocycles. The smallest absolute Gasteiger partial charge is 0.274 e. The Balaban J connectivity index is 1.65. The standard InChI is InChI=1S/C29H32FN7O2/c1-16-22-12-20(30)8-9-21(22)25-19(15-36(4)33-25)10-23-26(29(38)35(2)3)34-37(14-17-6-5-7-17)27(23)18-11-24(39-16)28(31)32-13-18/h8-9,11-13,15-17H,5-7,10,14H2,1-4H3,(H2,31,32)/t16-/m1/s1. The number of hydrogen-bond donors (Lipinski definition) is 1. The lowest BCUT2D eigenvalue weighted by Crippen LogP contribution is -2.24. The molecule has 10 heteroatoms. The third-order valence-electron chi connectivity index (χ3n) is 7.75. The van der Waals surface area contributed by atoms with E-state index in [1.54, 1.807) is 35.9 Å². The van der Waals surface area contributed by atoms with Crippen molar-refractivity contribution in [1.82, 2.24) is 29.4 Å². The van der Waals surface area contributed by atoms with Gasteiger partial charge in [-0.25, -0.2) is 9.37 Å². The summed E-state index contributed by atoms with van der Waals surface area (Å²) in [6.45, 7) is 2.57. The number of aromatic nitrogens is 5. The fourth-order valence-corrected chi connectivity index (χ4v) is 5.53. The SMILES string of the molecule is C[C@H]1Oc2cc(cnc2N)-c2c(c(C(=O)N(C)C)nn2CC2CCC2)Cc2cn(C)nc2-c2ccc(F)cc21. The molecule has 1 saturated carbocycles. The molecule has 3 aromatic heterocycles. The molecule has 2 N–H and O–H groups in total. The van der Waals surface area contributed by atoms with E-state index >= 15 is 0 Å². The third kappa shape index (κ3) is 4.43. The summed E-state index contributed by atoms with van der Waals surface area (Å²) in [6, 6.07) is 6.48. The maximum atomic E-state index is 14.5. The highest BCUT2D eigenvalue weighted by molar-refractivity contribution is 5.95. The molecule has 6 rings (SSSR count). The van der Waals surface area contributed by atoms with E-state index in [-0.39, 0.29) is 17.5 Å². The average Bonchev–Trinajstić information content (AvgIpc) is 3.41. The lowest BCUT2D eigenvalue weighted by atomic mass is 9.85. The van der Waals surface area contributed by atoms with E-state index in [9.17, 15) is 9.18 Å². The minimum atomic E-state index is -0.533. The maximum Gasteiger partial charge on any atom is 0.274 e. The number of pyridine rings is 1.